The number of aliphatic hydroxyl groups excluding tert-OH is 1. The van der Waals surface area contributed by atoms with Gasteiger partial charge in [0.15, 0.2) is 0 Å². The van der Waals surface area contributed by atoms with Crippen LogP contribution in [-0.4, -0.2) is 18.3 Å². The van der Waals surface area contributed by atoms with E-state index in [0.717, 1.165) is 30.8 Å². The second-order valence-electron chi connectivity index (χ2n) is 4.37. The Bertz CT molecular complexity index is 317. The van der Waals surface area contributed by atoms with Crippen LogP contribution in [0.2, 0.25) is 5.02 Å². The zero-order valence-corrected chi connectivity index (χ0v) is 11.2. The van der Waals surface area contributed by atoms with Crippen LogP contribution >= 0.6 is 11.6 Å². The summed E-state index contributed by atoms with van der Waals surface area (Å²) in [6.07, 6.45) is 4.37. The van der Waals surface area contributed by atoms with Crippen molar-refractivity contribution in [3.05, 3.63) is 34.9 Å². The van der Waals surface area contributed by atoms with Gasteiger partial charge in [0, 0.05) is 17.7 Å². The molecule has 96 valence electrons. The molecule has 0 heterocycles. The topological polar surface area (TPSA) is 32.3 Å². The smallest absolute Gasteiger partial charge is 0.0431 e. The predicted octanol–water partition coefficient (Wildman–Crippen LogP) is 3.54. The molecule has 1 aromatic carbocycles. The Hall–Kier alpha value is -0.570. The van der Waals surface area contributed by atoms with Gasteiger partial charge in [-0.25, -0.2) is 0 Å². The van der Waals surface area contributed by atoms with Gasteiger partial charge in [-0.05, 0) is 44.0 Å². The van der Waals surface area contributed by atoms with Gasteiger partial charge in [0.25, 0.3) is 0 Å². The normalized spacial score (nSPS) is 12.6. The zero-order valence-electron chi connectivity index (χ0n) is 10.5. The van der Waals surface area contributed by atoms with E-state index in [0.29, 0.717) is 12.6 Å². The summed E-state index contributed by atoms with van der Waals surface area (Å²) < 4.78 is 0. The summed E-state index contributed by atoms with van der Waals surface area (Å²) in [6.45, 7) is 3.48. The van der Waals surface area contributed by atoms with Gasteiger partial charge in [-0.1, -0.05) is 36.6 Å². The van der Waals surface area contributed by atoms with E-state index in [1.165, 1.54) is 12.0 Å². The lowest BCUT2D eigenvalue weighted by molar-refractivity contribution is 0.282. The van der Waals surface area contributed by atoms with Crippen LogP contribution in [0, 0.1) is 0 Å². The summed E-state index contributed by atoms with van der Waals surface area (Å²) >= 11 is 5.96. The minimum Gasteiger partial charge on any atom is -0.396 e. The molecule has 2 nitrogen and oxygen atoms in total. The van der Waals surface area contributed by atoms with Crippen LogP contribution in [0.4, 0.5) is 0 Å². The molecule has 0 spiro atoms. The number of hydrogen-bond donors (Lipinski definition) is 2. The SMILES string of the molecule is C[C@H](NCCCCCCO)c1cccc(Cl)c1. The molecule has 0 radical (unpaired) electrons. The highest BCUT2D eigenvalue weighted by atomic mass is 35.5. The highest BCUT2D eigenvalue weighted by Crippen LogP contribution is 2.17. The average Bonchev–Trinajstić information content (AvgIpc) is 2.33. The monoisotopic (exact) mass is 255 g/mol. The van der Waals surface area contributed by atoms with Crippen molar-refractivity contribution in [1.82, 2.24) is 5.32 Å². The number of aliphatic hydroxyl groups is 1. The maximum absolute atomic E-state index is 8.66. The van der Waals surface area contributed by atoms with Crippen molar-refractivity contribution >= 4 is 11.6 Å². The van der Waals surface area contributed by atoms with Crippen molar-refractivity contribution in [2.75, 3.05) is 13.2 Å². The predicted molar refractivity (Wildman–Crippen MR) is 73.4 cm³/mol. The summed E-state index contributed by atoms with van der Waals surface area (Å²) in [6, 6.07) is 8.32. The fourth-order valence-corrected chi connectivity index (χ4v) is 2.00. The van der Waals surface area contributed by atoms with Gasteiger partial charge >= 0.3 is 0 Å². The summed E-state index contributed by atoms with van der Waals surface area (Å²) in [5.41, 5.74) is 1.23. The van der Waals surface area contributed by atoms with E-state index in [4.69, 9.17) is 16.7 Å². The quantitative estimate of drug-likeness (QED) is 0.697. The van der Waals surface area contributed by atoms with Gasteiger partial charge in [0.2, 0.25) is 0 Å². The maximum atomic E-state index is 8.66. The largest absolute Gasteiger partial charge is 0.396 e. The fraction of sp³-hybridized carbons (Fsp3) is 0.571. The van der Waals surface area contributed by atoms with E-state index in [9.17, 15) is 0 Å². The number of hydrogen-bond acceptors (Lipinski definition) is 2. The van der Waals surface area contributed by atoms with E-state index < -0.39 is 0 Å². The molecule has 3 heteroatoms. The molecule has 1 rings (SSSR count). The van der Waals surface area contributed by atoms with Gasteiger partial charge in [-0.3, -0.25) is 0 Å². The molecule has 1 aromatic rings. The second-order valence-corrected chi connectivity index (χ2v) is 4.81. The first-order valence-corrected chi connectivity index (χ1v) is 6.71. The average molecular weight is 256 g/mol. The maximum Gasteiger partial charge on any atom is 0.0431 e. The fourth-order valence-electron chi connectivity index (χ4n) is 1.80. The molecule has 0 saturated heterocycles. The van der Waals surface area contributed by atoms with Gasteiger partial charge in [-0.2, -0.15) is 0 Å². The van der Waals surface area contributed by atoms with E-state index >= 15 is 0 Å². The summed E-state index contributed by atoms with van der Waals surface area (Å²) in [4.78, 5) is 0. The standard InChI is InChI=1S/C14H22ClNO/c1-12(13-7-6-8-14(15)11-13)16-9-4-2-3-5-10-17/h6-8,11-12,16-17H,2-5,9-10H2,1H3/t12-/m0/s1. The molecular weight excluding hydrogens is 234 g/mol. The summed E-state index contributed by atoms with van der Waals surface area (Å²) in [5.74, 6) is 0. The second kappa shape index (κ2) is 8.51. The molecule has 2 N–H and O–H groups in total. The third kappa shape index (κ3) is 6.06. The van der Waals surface area contributed by atoms with Crippen molar-refractivity contribution in [2.45, 2.75) is 38.6 Å². The van der Waals surface area contributed by atoms with Gasteiger partial charge in [0.1, 0.15) is 0 Å². The van der Waals surface area contributed by atoms with Gasteiger partial charge in [-0.15, -0.1) is 0 Å². The van der Waals surface area contributed by atoms with Crippen molar-refractivity contribution in [1.29, 1.82) is 0 Å². The molecule has 0 aromatic heterocycles. The van der Waals surface area contributed by atoms with Crippen LogP contribution < -0.4 is 5.32 Å². The molecule has 17 heavy (non-hydrogen) atoms. The van der Waals surface area contributed by atoms with Crippen molar-refractivity contribution in [3.8, 4) is 0 Å². The van der Waals surface area contributed by atoms with Crippen LogP contribution in [-0.2, 0) is 0 Å². The molecule has 0 amide bonds. The van der Waals surface area contributed by atoms with Gasteiger partial charge in [0.05, 0.1) is 0 Å². The lowest BCUT2D eigenvalue weighted by atomic mass is 10.1. The first-order chi connectivity index (χ1) is 8.24. The third-order valence-corrected chi connectivity index (χ3v) is 3.12. The van der Waals surface area contributed by atoms with E-state index in [-0.39, 0.29) is 0 Å². The molecule has 0 aliphatic heterocycles. The summed E-state index contributed by atoms with van der Waals surface area (Å²) in [5, 5.41) is 12.9. The Morgan fingerprint density at radius 3 is 2.71 bits per heavy atom. The molecule has 0 fully saturated rings. The first-order valence-electron chi connectivity index (χ1n) is 6.33. The van der Waals surface area contributed by atoms with Crippen LogP contribution in [0.1, 0.15) is 44.2 Å². The Morgan fingerprint density at radius 2 is 2.00 bits per heavy atom. The summed E-state index contributed by atoms with van der Waals surface area (Å²) in [7, 11) is 0. The lowest BCUT2D eigenvalue weighted by Crippen LogP contribution is -2.19. The Balaban J connectivity index is 2.19. The molecule has 1 atom stereocenters. The number of rotatable bonds is 8. The minimum absolute atomic E-state index is 0.312. The minimum atomic E-state index is 0.312. The third-order valence-electron chi connectivity index (χ3n) is 2.88. The molecule has 0 unspecified atom stereocenters. The Labute approximate surface area is 109 Å². The number of benzene rings is 1. The molecule has 0 aliphatic rings. The molecular formula is C14H22ClNO. The highest BCUT2D eigenvalue weighted by Gasteiger charge is 2.04. The van der Waals surface area contributed by atoms with Crippen LogP contribution in [0.3, 0.4) is 0 Å². The van der Waals surface area contributed by atoms with E-state index in [2.05, 4.69) is 18.3 Å². The Morgan fingerprint density at radius 1 is 1.24 bits per heavy atom. The van der Waals surface area contributed by atoms with Crippen LogP contribution in [0.5, 0.6) is 0 Å². The molecule has 0 saturated carbocycles. The van der Waals surface area contributed by atoms with Crippen LogP contribution in [0.15, 0.2) is 24.3 Å². The first kappa shape index (κ1) is 14.5. The highest BCUT2D eigenvalue weighted by molar-refractivity contribution is 6.30. The Kier molecular flexibility index (Phi) is 7.25. The molecule has 0 aliphatic carbocycles. The van der Waals surface area contributed by atoms with E-state index in [1.54, 1.807) is 0 Å². The zero-order chi connectivity index (χ0) is 12.5. The van der Waals surface area contributed by atoms with Crippen molar-refractivity contribution < 1.29 is 5.11 Å². The number of nitrogens with one attached hydrogen (secondary N) is 1. The van der Waals surface area contributed by atoms with Crippen molar-refractivity contribution in [3.63, 3.8) is 0 Å². The van der Waals surface area contributed by atoms with Crippen molar-refractivity contribution in [2.24, 2.45) is 0 Å². The molecule has 0 bridgehead atoms. The van der Waals surface area contributed by atoms with Gasteiger partial charge < -0.3 is 10.4 Å². The van der Waals surface area contributed by atoms with Crippen LogP contribution in [0.25, 0.3) is 0 Å². The lowest BCUT2D eigenvalue weighted by Gasteiger charge is -2.14. The van der Waals surface area contributed by atoms with E-state index in [1.807, 2.05) is 18.2 Å². The number of halogens is 1. The number of unbranched alkanes of at least 4 members (excludes halogenated alkanes) is 3.